The zero-order valence-electron chi connectivity index (χ0n) is 7.07. The van der Waals surface area contributed by atoms with Crippen LogP contribution in [-0.2, 0) is 14.4 Å². The Morgan fingerprint density at radius 2 is 2.17 bits per heavy atom. The summed E-state index contributed by atoms with van der Waals surface area (Å²) in [6.07, 6.45) is 0.685. The Morgan fingerprint density at radius 3 is 2.58 bits per heavy atom. The summed E-state index contributed by atoms with van der Waals surface area (Å²) in [5, 5.41) is 0.714. The van der Waals surface area contributed by atoms with E-state index in [0.717, 1.165) is 0 Å². The van der Waals surface area contributed by atoms with E-state index in [-0.39, 0.29) is 6.61 Å². The van der Waals surface area contributed by atoms with Crippen LogP contribution in [0.2, 0.25) is 0 Å². The van der Waals surface area contributed by atoms with Crippen molar-refractivity contribution in [3.8, 4) is 0 Å². The fraction of sp³-hybridized carbons (Fsp3) is 0.429. The lowest BCUT2D eigenvalue weighted by molar-refractivity contribution is -0.173. The molecule has 0 aromatic heterocycles. The van der Waals surface area contributed by atoms with E-state index in [1.165, 1.54) is 20.0 Å². The van der Waals surface area contributed by atoms with E-state index < -0.39 is 12.1 Å². The fourth-order valence-corrected chi connectivity index (χ4v) is 0.451. The first-order valence-electron chi connectivity index (χ1n) is 3.28. The summed E-state index contributed by atoms with van der Waals surface area (Å²) < 4.78 is 4.55. The molecule has 5 nitrogen and oxygen atoms in total. The van der Waals surface area contributed by atoms with Crippen LogP contribution in [0.15, 0.2) is 12.7 Å². The van der Waals surface area contributed by atoms with Gasteiger partial charge in [0.15, 0.2) is 0 Å². The molecule has 0 saturated heterocycles. The van der Waals surface area contributed by atoms with Crippen molar-refractivity contribution in [1.82, 2.24) is 5.06 Å². The number of carbonyl (C=O) groups is 2. The Balaban J connectivity index is 3.76. The molecule has 0 aromatic rings. The highest BCUT2D eigenvalue weighted by Gasteiger charge is 2.11. The van der Waals surface area contributed by atoms with Gasteiger partial charge in [0.2, 0.25) is 0 Å². The van der Waals surface area contributed by atoms with E-state index >= 15 is 0 Å². The molecule has 0 unspecified atom stereocenters. The van der Waals surface area contributed by atoms with Crippen LogP contribution >= 0.6 is 0 Å². The molecule has 0 heterocycles. The lowest BCUT2D eigenvalue weighted by atomic mass is 10.7. The van der Waals surface area contributed by atoms with Crippen LogP contribution < -0.4 is 0 Å². The number of hydrogen-bond acceptors (Lipinski definition) is 4. The van der Waals surface area contributed by atoms with E-state index in [2.05, 4.69) is 16.2 Å². The molecule has 0 fully saturated rings. The fourth-order valence-electron chi connectivity index (χ4n) is 0.451. The minimum atomic E-state index is -0.731. The number of hydroxylamine groups is 2. The molecule has 0 rings (SSSR count). The maximum Gasteiger partial charge on any atom is 0.443 e. The Labute approximate surface area is 70.5 Å². The molecule has 0 atom stereocenters. The molecule has 68 valence electrons. The van der Waals surface area contributed by atoms with Gasteiger partial charge in [-0.2, -0.15) is 0 Å². The van der Waals surface area contributed by atoms with Crippen LogP contribution in [0.5, 0.6) is 0 Å². The quantitative estimate of drug-likeness (QED) is 0.456. The van der Waals surface area contributed by atoms with Crippen LogP contribution in [0, 0.1) is 0 Å². The predicted molar refractivity (Wildman–Crippen MR) is 41.1 cm³/mol. The summed E-state index contributed by atoms with van der Waals surface area (Å²) in [5.74, 6) is -0.576. The summed E-state index contributed by atoms with van der Waals surface area (Å²) >= 11 is 0. The Bertz CT molecular complexity index is 190. The molecule has 0 aliphatic heterocycles. The van der Waals surface area contributed by atoms with E-state index in [4.69, 9.17) is 0 Å². The second-order valence-corrected chi connectivity index (χ2v) is 1.95. The van der Waals surface area contributed by atoms with Crippen molar-refractivity contribution in [2.24, 2.45) is 0 Å². The van der Waals surface area contributed by atoms with Crippen LogP contribution in [0.4, 0.5) is 4.79 Å². The molecule has 0 aliphatic carbocycles. The smallest absolute Gasteiger partial charge is 0.443 e. The molecule has 0 N–H and O–H groups in total. The third kappa shape index (κ3) is 4.32. The highest BCUT2D eigenvalue weighted by atomic mass is 16.7. The lowest BCUT2D eigenvalue weighted by Crippen LogP contribution is -2.29. The molecular weight excluding hydrogens is 162 g/mol. The van der Waals surface area contributed by atoms with Gasteiger partial charge in [-0.05, 0) is 0 Å². The highest BCUT2D eigenvalue weighted by molar-refractivity contribution is 5.71. The van der Waals surface area contributed by atoms with Crippen LogP contribution in [0.3, 0.4) is 0 Å². The van der Waals surface area contributed by atoms with E-state index in [1.807, 2.05) is 0 Å². The van der Waals surface area contributed by atoms with Crippen molar-refractivity contribution in [3.63, 3.8) is 0 Å². The molecule has 0 aliphatic rings. The van der Waals surface area contributed by atoms with E-state index in [1.54, 1.807) is 0 Å². The summed E-state index contributed by atoms with van der Waals surface area (Å²) in [6, 6.07) is 0. The van der Waals surface area contributed by atoms with Crippen LogP contribution in [0.1, 0.15) is 6.92 Å². The first-order valence-corrected chi connectivity index (χ1v) is 3.28. The lowest BCUT2D eigenvalue weighted by Gasteiger charge is -2.13. The van der Waals surface area contributed by atoms with Gasteiger partial charge in [0.1, 0.15) is 6.61 Å². The van der Waals surface area contributed by atoms with Gasteiger partial charge in [-0.1, -0.05) is 12.7 Å². The molecule has 0 saturated carbocycles. The van der Waals surface area contributed by atoms with Gasteiger partial charge in [-0.15, -0.1) is 5.06 Å². The monoisotopic (exact) mass is 173 g/mol. The number of carbonyl (C=O) groups excluding carboxylic acids is 2. The summed E-state index contributed by atoms with van der Waals surface area (Å²) in [4.78, 5) is 25.6. The number of amides is 1. The van der Waals surface area contributed by atoms with Crippen molar-refractivity contribution in [2.75, 3.05) is 13.7 Å². The van der Waals surface area contributed by atoms with Crippen molar-refractivity contribution in [1.29, 1.82) is 0 Å². The molecule has 1 amide bonds. The molecule has 0 spiro atoms. The van der Waals surface area contributed by atoms with Crippen molar-refractivity contribution in [2.45, 2.75) is 6.92 Å². The normalized spacial score (nSPS) is 8.50. The van der Waals surface area contributed by atoms with Gasteiger partial charge in [-0.3, -0.25) is 4.79 Å². The SMILES string of the molecule is C=CCOC(=O)N(C)OC(C)=O. The summed E-state index contributed by atoms with van der Waals surface area (Å²) in [6.45, 7) is 4.63. The maximum absolute atomic E-state index is 10.8. The second-order valence-electron chi connectivity index (χ2n) is 1.95. The van der Waals surface area contributed by atoms with Gasteiger partial charge in [0.25, 0.3) is 0 Å². The third-order valence-corrected chi connectivity index (χ3v) is 0.847. The van der Waals surface area contributed by atoms with Gasteiger partial charge in [0.05, 0.1) is 7.05 Å². The average molecular weight is 173 g/mol. The zero-order chi connectivity index (χ0) is 9.56. The topological polar surface area (TPSA) is 55.8 Å². The molecule has 0 bridgehead atoms. The largest absolute Gasteiger partial charge is 0.443 e. The number of ether oxygens (including phenoxy) is 1. The Hall–Kier alpha value is -1.52. The summed E-state index contributed by atoms with van der Waals surface area (Å²) in [7, 11) is 1.28. The van der Waals surface area contributed by atoms with Crippen LogP contribution in [0.25, 0.3) is 0 Å². The molecular formula is C7H11NO4. The van der Waals surface area contributed by atoms with Crippen LogP contribution in [-0.4, -0.2) is 30.8 Å². The standard InChI is InChI=1S/C7H11NO4/c1-4-5-11-7(10)8(3)12-6(2)9/h4H,1,5H2,2-3H3. The first-order chi connectivity index (χ1) is 5.57. The van der Waals surface area contributed by atoms with Crippen molar-refractivity contribution < 1.29 is 19.2 Å². The van der Waals surface area contributed by atoms with E-state index in [0.29, 0.717) is 5.06 Å². The van der Waals surface area contributed by atoms with Gasteiger partial charge in [-0.25, -0.2) is 4.79 Å². The summed E-state index contributed by atoms with van der Waals surface area (Å²) in [5.41, 5.74) is 0. The Morgan fingerprint density at radius 1 is 1.58 bits per heavy atom. The average Bonchev–Trinajstić information content (AvgIpc) is 1.98. The number of nitrogens with zero attached hydrogens (tertiary/aromatic N) is 1. The van der Waals surface area contributed by atoms with Crippen molar-refractivity contribution in [3.05, 3.63) is 12.7 Å². The number of rotatable bonds is 2. The van der Waals surface area contributed by atoms with Gasteiger partial charge >= 0.3 is 12.1 Å². The van der Waals surface area contributed by atoms with E-state index in [9.17, 15) is 9.59 Å². The molecule has 0 radical (unpaired) electrons. The second kappa shape index (κ2) is 5.17. The predicted octanol–water partition coefficient (Wildman–Crippen LogP) is 0.719. The minimum absolute atomic E-state index is 0.0877. The first kappa shape index (κ1) is 10.5. The Kier molecular flexibility index (Phi) is 4.52. The van der Waals surface area contributed by atoms with Gasteiger partial charge in [0, 0.05) is 6.92 Å². The minimum Gasteiger partial charge on any atom is -0.443 e. The molecule has 0 aromatic carbocycles. The number of hydrogen-bond donors (Lipinski definition) is 0. The molecule has 12 heavy (non-hydrogen) atoms. The van der Waals surface area contributed by atoms with Crippen molar-refractivity contribution >= 4 is 12.1 Å². The highest BCUT2D eigenvalue weighted by Crippen LogP contribution is 1.91. The zero-order valence-corrected chi connectivity index (χ0v) is 7.07. The third-order valence-electron chi connectivity index (χ3n) is 0.847. The van der Waals surface area contributed by atoms with Gasteiger partial charge < -0.3 is 9.57 Å². The molecule has 5 heteroatoms. The maximum atomic E-state index is 10.8.